The third kappa shape index (κ3) is 5.66. The number of para-hydroxylation sites is 1. The molecule has 2 aromatic carbocycles. The van der Waals surface area contributed by atoms with Gasteiger partial charge in [0.25, 0.3) is 0 Å². The zero-order valence-corrected chi connectivity index (χ0v) is 16.2. The molecule has 0 bridgehead atoms. The topological polar surface area (TPSA) is 63.5 Å². The summed E-state index contributed by atoms with van der Waals surface area (Å²) in [5, 5.41) is 12.5. The van der Waals surface area contributed by atoms with E-state index in [1.165, 1.54) is 0 Å². The molecule has 0 atom stereocenters. The van der Waals surface area contributed by atoms with Gasteiger partial charge in [0.2, 0.25) is 0 Å². The van der Waals surface area contributed by atoms with E-state index >= 15 is 0 Å². The zero-order valence-electron chi connectivity index (χ0n) is 14.1. The standard InChI is InChI=1S/C19H19IN2O3/c1-23-13-25-19-17(20)9-14(10-18(19)24-2)8-15(11-21)12-22-16-6-4-3-5-7-16/h3-7,9-10,12,22H,8,13H2,1-2H3. The Labute approximate surface area is 161 Å². The first-order chi connectivity index (χ1) is 12.2. The van der Waals surface area contributed by atoms with Crippen LogP contribution in [0, 0.1) is 14.9 Å². The lowest BCUT2D eigenvalue weighted by Crippen LogP contribution is -2.03. The van der Waals surface area contributed by atoms with Crippen LogP contribution in [0.3, 0.4) is 0 Å². The molecule has 2 rings (SSSR count). The van der Waals surface area contributed by atoms with Gasteiger partial charge < -0.3 is 19.5 Å². The van der Waals surface area contributed by atoms with Gasteiger partial charge in [0.1, 0.15) is 0 Å². The van der Waals surface area contributed by atoms with Crippen molar-refractivity contribution in [3.8, 4) is 17.6 Å². The van der Waals surface area contributed by atoms with Crippen LogP contribution in [-0.4, -0.2) is 21.0 Å². The van der Waals surface area contributed by atoms with E-state index in [9.17, 15) is 5.26 Å². The van der Waals surface area contributed by atoms with Gasteiger partial charge in [0.05, 0.1) is 16.7 Å². The number of allylic oxidation sites excluding steroid dienone is 1. The smallest absolute Gasteiger partial charge is 0.188 e. The fourth-order valence-corrected chi connectivity index (χ4v) is 3.00. The number of methoxy groups -OCH3 is 2. The Morgan fingerprint density at radius 1 is 1.24 bits per heavy atom. The molecule has 0 amide bonds. The second-order valence-electron chi connectivity index (χ2n) is 5.13. The van der Waals surface area contributed by atoms with Crippen molar-refractivity contribution in [2.24, 2.45) is 0 Å². The molecule has 0 heterocycles. The van der Waals surface area contributed by atoms with Gasteiger partial charge in [0.15, 0.2) is 18.3 Å². The first kappa shape index (κ1) is 19.1. The Bertz CT molecular complexity index is 770. The van der Waals surface area contributed by atoms with Crippen LogP contribution in [0.5, 0.6) is 11.5 Å². The Morgan fingerprint density at radius 2 is 2.00 bits per heavy atom. The fourth-order valence-electron chi connectivity index (χ4n) is 2.18. The number of rotatable bonds is 8. The lowest BCUT2D eigenvalue weighted by Gasteiger charge is -2.13. The molecule has 0 saturated carbocycles. The van der Waals surface area contributed by atoms with Crippen LogP contribution in [0.4, 0.5) is 5.69 Å². The van der Waals surface area contributed by atoms with Crippen molar-refractivity contribution < 1.29 is 14.2 Å². The molecule has 0 radical (unpaired) electrons. The van der Waals surface area contributed by atoms with E-state index < -0.39 is 0 Å². The van der Waals surface area contributed by atoms with E-state index in [0.717, 1.165) is 14.8 Å². The third-order valence-corrected chi connectivity index (χ3v) is 4.14. The number of hydrogen-bond acceptors (Lipinski definition) is 5. The molecule has 25 heavy (non-hydrogen) atoms. The molecule has 5 nitrogen and oxygen atoms in total. The van der Waals surface area contributed by atoms with E-state index in [-0.39, 0.29) is 6.79 Å². The number of halogens is 1. The van der Waals surface area contributed by atoms with Crippen LogP contribution in [0.2, 0.25) is 0 Å². The largest absolute Gasteiger partial charge is 0.493 e. The van der Waals surface area contributed by atoms with Crippen molar-refractivity contribution in [2.75, 3.05) is 26.3 Å². The van der Waals surface area contributed by atoms with Crippen LogP contribution in [0.1, 0.15) is 5.56 Å². The van der Waals surface area contributed by atoms with Gasteiger partial charge in [-0.25, -0.2) is 0 Å². The maximum absolute atomic E-state index is 9.40. The number of anilines is 1. The number of hydrogen-bond donors (Lipinski definition) is 1. The molecule has 0 fully saturated rings. The number of nitrogens with zero attached hydrogens (tertiary/aromatic N) is 1. The second kappa shape index (κ2) is 9.91. The zero-order chi connectivity index (χ0) is 18.1. The third-order valence-electron chi connectivity index (χ3n) is 3.34. The lowest BCUT2D eigenvalue weighted by molar-refractivity contribution is 0.0485. The average molecular weight is 450 g/mol. The summed E-state index contributed by atoms with van der Waals surface area (Å²) in [6.07, 6.45) is 2.22. The van der Waals surface area contributed by atoms with E-state index in [4.69, 9.17) is 14.2 Å². The summed E-state index contributed by atoms with van der Waals surface area (Å²) >= 11 is 2.19. The minimum Gasteiger partial charge on any atom is -0.493 e. The van der Waals surface area contributed by atoms with Crippen molar-refractivity contribution in [3.05, 3.63) is 63.4 Å². The van der Waals surface area contributed by atoms with Crippen LogP contribution < -0.4 is 14.8 Å². The molecule has 0 aliphatic carbocycles. The maximum Gasteiger partial charge on any atom is 0.188 e. The molecule has 130 valence electrons. The molecule has 0 saturated heterocycles. The maximum atomic E-state index is 9.40. The number of benzene rings is 2. The van der Waals surface area contributed by atoms with Gasteiger partial charge in [-0.3, -0.25) is 0 Å². The highest BCUT2D eigenvalue weighted by Gasteiger charge is 2.12. The molecule has 2 aromatic rings. The molecule has 0 aliphatic heterocycles. The lowest BCUT2D eigenvalue weighted by atomic mass is 10.1. The number of ether oxygens (including phenoxy) is 3. The van der Waals surface area contributed by atoms with E-state index in [1.807, 2.05) is 42.5 Å². The van der Waals surface area contributed by atoms with Gasteiger partial charge in [-0.15, -0.1) is 0 Å². The van der Waals surface area contributed by atoms with Gasteiger partial charge in [-0.1, -0.05) is 18.2 Å². The minimum absolute atomic E-state index is 0.149. The fraction of sp³-hybridized carbons (Fsp3) is 0.211. The van der Waals surface area contributed by atoms with Crippen LogP contribution in [0.25, 0.3) is 0 Å². The molecule has 0 spiro atoms. The highest BCUT2D eigenvalue weighted by Crippen LogP contribution is 2.34. The van der Waals surface area contributed by atoms with Crippen LogP contribution >= 0.6 is 22.6 Å². The minimum atomic E-state index is 0.149. The number of nitrogens with one attached hydrogen (secondary N) is 1. The molecule has 0 aliphatic rings. The summed E-state index contributed by atoms with van der Waals surface area (Å²) < 4.78 is 16.8. The molecular formula is C19H19IN2O3. The van der Waals surface area contributed by atoms with Gasteiger partial charge in [-0.2, -0.15) is 5.26 Å². The Kier molecular flexibility index (Phi) is 7.57. The highest BCUT2D eigenvalue weighted by molar-refractivity contribution is 14.1. The Hall–Kier alpha value is -2.24. The summed E-state index contributed by atoms with van der Waals surface area (Å²) in [5.74, 6) is 1.26. The molecule has 0 aromatic heterocycles. The van der Waals surface area contributed by atoms with Gasteiger partial charge >= 0.3 is 0 Å². The Balaban J connectivity index is 2.17. The van der Waals surface area contributed by atoms with Crippen LogP contribution in [-0.2, 0) is 11.2 Å². The average Bonchev–Trinajstić information content (AvgIpc) is 2.64. The summed E-state index contributed by atoms with van der Waals surface area (Å²) in [6, 6.07) is 15.8. The summed E-state index contributed by atoms with van der Waals surface area (Å²) in [6.45, 7) is 0.149. The summed E-state index contributed by atoms with van der Waals surface area (Å²) in [5.41, 5.74) is 2.52. The normalized spacial score (nSPS) is 10.9. The monoisotopic (exact) mass is 450 g/mol. The Morgan fingerprint density at radius 3 is 2.64 bits per heavy atom. The van der Waals surface area contributed by atoms with E-state index in [0.29, 0.717) is 23.5 Å². The highest BCUT2D eigenvalue weighted by atomic mass is 127. The molecular weight excluding hydrogens is 431 g/mol. The first-order valence-electron chi connectivity index (χ1n) is 7.56. The SMILES string of the molecule is COCOc1c(I)cc(CC(C#N)=CNc2ccccc2)cc1OC. The molecule has 1 N–H and O–H groups in total. The van der Waals surface area contributed by atoms with E-state index in [2.05, 4.69) is 34.0 Å². The van der Waals surface area contributed by atoms with Gasteiger partial charge in [0, 0.05) is 31.0 Å². The quantitative estimate of drug-likeness (QED) is 0.368. The predicted molar refractivity (Wildman–Crippen MR) is 106 cm³/mol. The summed E-state index contributed by atoms with van der Waals surface area (Å²) in [4.78, 5) is 0. The molecule has 0 unspecified atom stereocenters. The summed E-state index contributed by atoms with van der Waals surface area (Å²) in [7, 11) is 3.16. The van der Waals surface area contributed by atoms with Crippen molar-refractivity contribution >= 4 is 28.3 Å². The van der Waals surface area contributed by atoms with E-state index in [1.54, 1.807) is 20.4 Å². The second-order valence-corrected chi connectivity index (χ2v) is 6.29. The van der Waals surface area contributed by atoms with Crippen molar-refractivity contribution in [1.82, 2.24) is 0 Å². The number of nitriles is 1. The molecule has 6 heteroatoms. The van der Waals surface area contributed by atoms with Gasteiger partial charge in [-0.05, 0) is 52.4 Å². The van der Waals surface area contributed by atoms with Crippen molar-refractivity contribution in [3.63, 3.8) is 0 Å². The van der Waals surface area contributed by atoms with Crippen molar-refractivity contribution in [2.45, 2.75) is 6.42 Å². The predicted octanol–water partition coefficient (Wildman–Crippen LogP) is 4.34. The van der Waals surface area contributed by atoms with Crippen LogP contribution in [0.15, 0.2) is 54.2 Å². The first-order valence-corrected chi connectivity index (χ1v) is 8.64. The van der Waals surface area contributed by atoms with Crippen molar-refractivity contribution in [1.29, 1.82) is 5.26 Å².